The van der Waals surface area contributed by atoms with Gasteiger partial charge in [0.2, 0.25) is 0 Å². The molecule has 0 heterocycles. The molecule has 112 valence electrons. The van der Waals surface area contributed by atoms with Gasteiger partial charge in [0.1, 0.15) is 0 Å². The second-order valence-corrected chi connectivity index (χ2v) is 7.79. The van der Waals surface area contributed by atoms with Crippen LogP contribution in [0.1, 0.15) is 23.7 Å². The van der Waals surface area contributed by atoms with Crippen LogP contribution in [0.5, 0.6) is 0 Å². The Bertz CT molecular complexity index is 575. The van der Waals surface area contributed by atoms with Crippen LogP contribution in [-0.2, 0) is 9.84 Å². The molecule has 0 bridgehead atoms. The topological polar surface area (TPSA) is 63.2 Å². The molecule has 0 spiro atoms. The molecule has 0 atom stereocenters. The van der Waals surface area contributed by atoms with Gasteiger partial charge in [-0.05, 0) is 24.6 Å². The van der Waals surface area contributed by atoms with Crippen molar-refractivity contribution in [2.24, 2.45) is 0 Å². The number of carbonyl (C=O) groups is 1. The highest BCUT2D eigenvalue weighted by atomic mass is 79.9. The lowest BCUT2D eigenvalue weighted by Gasteiger charge is -2.30. The third kappa shape index (κ3) is 4.30. The van der Waals surface area contributed by atoms with Gasteiger partial charge in [0, 0.05) is 22.5 Å². The number of halogens is 2. The molecule has 1 aromatic carbocycles. The zero-order valence-electron chi connectivity index (χ0n) is 11.3. The third-order valence-corrected chi connectivity index (χ3v) is 6.35. The van der Waals surface area contributed by atoms with Gasteiger partial charge in [-0.25, -0.2) is 8.42 Å². The molecular formula is C13H17Br2NO3S. The molecule has 1 N–H and O–H groups in total. The Morgan fingerprint density at radius 1 is 1.30 bits per heavy atom. The summed E-state index contributed by atoms with van der Waals surface area (Å²) in [6, 6.07) is 6.05. The maximum atomic E-state index is 12.3. The summed E-state index contributed by atoms with van der Waals surface area (Å²) in [6.07, 6.45) is 1.87. The first-order valence-corrected chi connectivity index (χ1v) is 10.2. The molecule has 0 fully saturated rings. The van der Waals surface area contributed by atoms with Gasteiger partial charge in [-0.15, -0.1) is 0 Å². The monoisotopic (exact) mass is 425 g/mol. The molecule has 0 aliphatic carbocycles. The molecular weight excluding hydrogens is 410 g/mol. The van der Waals surface area contributed by atoms with Crippen LogP contribution in [0.2, 0.25) is 0 Å². The second kappa shape index (κ2) is 7.04. The van der Waals surface area contributed by atoms with Gasteiger partial charge in [-0.3, -0.25) is 4.79 Å². The van der Waals surface area contributed by atoms with Crippen molar-refractivity contribution >= 4 is 47.6 Å². The Kier molecular flexibility index (Phi) is 6.22. The maximum absolute atomic E-state index is 12.3. The van der Waals surface area contributed by atoms with Crippen LogP contribution in [0.15, 0.2) is 29.2 Å². The van der Waals surface area contributed by atoms with E-state index in [9.17, 15) is 13.2 Å². The van der Waals surface area contributed by atoms with E-state index in [0.717, 1.165) is 12.7 Å². The number of alkyl halides is 2. The normalized spacial score (nSPS) is 12.2. The van der Waals surface area contributed by atoms with Gasteiger partial charge in [-0.2, -0.15) is 0 Å². The predicted octanol–water partition coefficient (Wildman–Crippen LogP) is 2.76. The zero-order valence-corrected chi connectivity index (χ0v) is 15.3. The van der Waals surface area contributed by atoms with Crippen molar-refractivity contribution < 1.29 is 13.2 Å². The van der Waals surface area contributed by atoms with Crippen molar-refractivity contribution in [3.05, 3.63) is 29.8 Å². The number of hydrogen-bond acceptors (Lipinski definition) is 3. The summed E-state index contributed by atoms with van der Waals surface area (Å²) in [6.45, 7) is 1.98. The third-order valence-electron chi connectivity index (χ3n) is 3.09. The van der Waals surface area contributed by atoms with E-state index in [-0.39, 0.29) is 10.8 Å². The van der Waals surface area contributed by atoms with E-state index in [1.165, 1.54) is 12.1 Å². The van der Waals surface area contributed by atoms with Crippen LogP contribution in [-0.4, -0.2) is 36.8 Å². The maximum Gasteiger partial charge on any atom is 0.251 e. The number of sulfone groups is 1. The van der Waals surface area contributed by atoms with E-state index in [1.54, 1.807) is 12.1 Å². The number of hydrogen-bond donors (Lipinski definition) is 1. The lowest BCUT2D eigenvalue weighted by molar-refractivity contribution is 0.0915. The largest absolute Gasteiger partial charge is 0.345 e. The Morgan fingerprint density at radius 3 is 2.35 bits per heavy atom. The summed E-state index contributed by atoms with van der Waals surface area (Å²) in [5.41, 5.74) is -0.0503. The quantitative estimate of drug-likeness (QED) is 0.711. The van der Waals surface area contributed by atoms with Crippen molar-refractivity contribution in [1.29, 1.82) is 0 Å². The van der Waals surface area contributed by atoms with Crippen LogP contribution >= 0.6 is 31.9 Å². The number of benzene rings is 1. The van der Waals surface area contributed by atoms with Crippen LogP contribution in [0.25, 0.3) is 0 Å². The van der Waals surface area contributed by atoms with Crippen LogP contribution in [0.4, 0.5) is 0 Å². The highest BCUT2D eigenvalue weighted by Crippen LogP contribution is 2.18. The first kappa shape index (κ1) is 17.7. The van der Waals surface area contributed by atoms with Crippen molar-refractivity contribution in [2.75, 3.05) is 16.9 Å². The smallest absolute Gasteiger partial charge is 0.251 e. The molecule has 0 unspecified atom stereocenters. The van der Waals surface area contributed by atoms with Crippen LogP contribution in [0, 0.1) is 0 Å². The molecule has 0 saturated carbocycles. The first-order chi connectivity index (χ1) is 9.28. The molecule has 1 rings (SSSR count). The molecule has 0 radical (unpaired) electrons. The van der Waals surface area contributed by atoms with E-state index < -0.39 is 15.4 Å². The van der Waals surface area contributed by atoms with Crippen molar-refractivity contribution in [3.8, 4) is 0 Å². The van der Waals surface area contributed by atoms with Crippen LogP contribution in [0.3, 0.4) is 0 Å². The summed E-state index contributed by atoms with van der Waals surface area (Å²) in [5, 5.41) is 4.17. The van der Waals surface area contributed by atoms with Crippen molar-refractivity contribution in [1.82, 2.24) is 5.32 Å². The van der Waals surface area contributed by atoms with Gasteiger partial charge < -0.3 is 5.32 Å². The Balaban J connectivity index is 3.05. The Morgan fingerprint density at radius 2 is 1.90 bits per heavy atom. The Labute approximate surface area is 136 Å². The number of amides is 1. The van der Waals surface area contributed by atoms with E-state index >= 15 is 0 Å². The van der Waals surface area contributed by atoms with E-state index in [0.29, 0.717) is 16.2 Å². The van der Waals surface area contributed by atoms with Gasteiger partial charge in [0.15, 0.2) is 9.84 Å². The number of carbonyl (C=O) groups excluding carboxylic acids is 1. The van der Waals surface area contributed by atoms with E-state index in [4.69, 9.17) is 0 Å². The minimum atomic E-state index is -3.32. The Hall–Kier alpha value is -0.400. The zero-order chi connectivity index (χ0) is 15.4. The fourth-order valence-corrected chi connectivity index (χ4v) is 4.23. The van der Waals surface area contributed by atoms with Gasteiger partial charge >= 0.3 is 0 Å². The molecule has 0 aliphatic heterocycles. The summed E-state index contributed by atoms with van der Waals surface area (Å²) in [5.74, 6) is -0.281. The fraction of sp³-hybridized carbons (Fsp3) is 0.462. The van der Waals surface area contributed by atoms with Crippen molar-refractivity contribution in [2.45, 2.75) is 23.8 Å². The summed E-state index contributed by atoms with van der Waals surface area (Å²) in [4.78, 5) is 12.4. The molecule has 1 aromatic rings. The molecule has 20 heavy (non-hydrogen) atoms. The average molecular weight is 427 g/mol. The lowest BCUT2D eigenvalue weighted by Crippen LogP contribution is -2.51. The molecule has 7 heteroatoms. The molecule has 0 saturated heterocycles. The molecule has 1 amide bonds. The summed E-state index contributed by atoms with van der Waals surface area (Å²) < 4.78 is 23.0. The second-order valence-electron chi connectivity index (χ2n) is 4.66. The molecule has 0 aliphatic rings. The first-order valence-electron chi connectivity index (χ1n) is 6.02. The predicted molar refractivity (Wildman–Crippen MR) is 87.6 cm³/mol. The lowest BCUT2D eigenvalue weighted by atomic mass is 10.0. The van der Waals surface area contributed by atoms with Gasteiger partial charge in [0.05, 0.1) is 10.4 Å². The minimum Gasteiger partial charge on any atom is -0.345 e. The SMILES string of the molecule is CCC(CBr)(CBr)NC(=O)c1cccc(S(C)(=O)=O)c1. The van der Waals surface area contributed by atoms with E-state index in [2.05, 4.69) is 37.2 Å². The highest BCUT2D eigenvalue weighted by Gasteiger charge is 2.28. The minimum absolute atomic E-state index is 0.143. The summed E-state index contributed by atoms with van der Waals surface area (Å²) in [7, 11) is -3.32. The van der Waals surface area contributed by atoms with Gasteiger partial charge in [0.25, 0.3) is 5.91 Å². The fourth-order valence-electron chi connectivity index (χ4n) is 1.56. The van der Waals surface area contributed by atoms with Gasteiger partial charge in [-0.1, -0.05) is 44.8 Å². The standard InChI is InChI=1S/C13H17Br2NO3S/c1-3-13(8-14,9-15)16-12(17)10-5-4-6-11(7-10)20(2,18)19/h4-7H,3,8-9H2,1-2H3,(H,16,17). The average Bonchev–Trinajstić information content (AvgIpc) is 2.44. The van der Waals surface area contributed by atoms with Crippen molar-refractivity contribution in [3.63, 3.8) is 0 Å². The number of nitrogens with one attached hydrogen (secondary N) is 1. The summed E-state index contributed by atoms with van der Waals surface area (Å²) >= 11 is 6.80. The highest BCUT2D eigenvalue weighted by molar-refractivity contribution is 9.09. The molecule has 0 aromatic heterocycles. The van der Waals surface area contributed by atoms with Crippen LogP contribution < -0.4 is 5.32 Å². The van der Waals surface area contributed by atoms with E-state index in [1.807, 2.05) is 6.92 Å². The number of rotatable bonds is 6. The molecule has 4 nitrogen and oxygen atoms in total.